The average molecular weight is 290 g/mol. The number of carbonyl (C=O) groups is 1. The Hall–Kier alpha value is -0.980. The molecule has 1 amide bonds. The smallest absolute Gasteiger partial charge is 0.246 e. The zero-order valence-corrected chi connectivity index (χ0v) is 9.06. The first kappa shape index (κ1) is 10.1. The van der Waals surface area contributed by atoms with Crippen LogP contribution in [0.5, 0.6) is 0 Å². The fraction of sp³-hybridized carbons (Fsp3) is 0.125. The van der Waals surface area contributed by atoms with Crippen molar-refractivity contribution >= 4 is 34.2 Å². The molecule has 1 rings (SSSR count). The molecule has 0 atom stereocenters. The van der Waals surface area contributed by atoms with Gasteiger partial charge in [0.15, 0.2) is 0 Å². The number of carbonyl (C=O) groups excluding carboxylic acids is 1. The van der Waals surface area contributed by atoms with Crippen LogP contribution in [0.25, 0.3) is 0 Å². The first-order valence-corrected chi connectivity index (χ1v) is 4.63. The lowest BCUT2D eigenvalue weighted by Crippen LogP contribution is -2.21. The van der Waals surface area contributed by atoms with Crippen molar-refractivity contribution < 1.29 is 4.79 Å². The number of hydrogen-bond acceptors (Lipinski definition) is 3. The minimum Gasteiger partial charge on any atom is -0.273 e. The van der Waals surface area contributed by atoms with Crippen molar-refractivity contribution in [3.05, 3.63) is 32.7 Å². The molecule has 4 nitrogen and oxygen atoms in total. The standard InChI is InChI=1S/C8H7IN2O2/c1-6(12)11(10-13)8-5-3-2-4-7(8)9/h2-5H,1H3. The molecule has 0 aliphatic carbocycles. The molecule has 0 saturated heterocycles. The van der Waals surface area contributed by atoms with Gasteiger partial charge in [-0.1, -0.05) is 12.1 Å². The van der Waals surface area contributed by atoms with Gasteiger partial charge in [-0.2, -0.15) is 5.01 Å². The summed E-state index contributed by atoms with van der Waals surface area (Å²) in [7, 11) is 0. The number of anilines is 1. The van der Waals surface area contributed by atoms with Crippen LogP contribution < -0.4 is 5.01 Å². The highest BCUT2D eigenvalue weighted by atomic mass is 127. The Morgan fingerprint density at radius 2 is 2.08 bits per heavy atom. The molecule has 0 aromatic heterocycles. The van der Waals surface area contributed by atoms with Crippen LogP contribution in [-0.2, 0) is 4.79 Å². The van der Waals surface area contributed by atoms with Gasteiger partial charge in [-0.3, -0.25) is 4.79 Å². The molecule has 0 unspecified atom stereocenters. The quantitative estimate of drug-likeness (QED) is 0.477. The lowest BCUT2D eigenvalue weighted by molar-refractivity contribution is -0.116. The van der Waals surface area contributed by atoms with E-state index in [9.17, 15) is 9.70 Å². The first-order chi connectivity index (χ1) is 6.16. The van der Waals surface area contributed by atoms with Gasteiger partial charge in [0.05, 0.1) is 11.0 Å². The third kappa shape index (κ3) is 2.24. The molecule has 13 heavy (non-hydrogen) atoms. The number of para-hydroxylation sites is 1. The normalized spacial score (nSPS) is 9.38. The fourth-order valence-corrected chi connectivity index (χ4v) is 1.51. The monoisotopic (exact) mass is 290 g/mol. The van der Waals surface area contributed by atoms with Crippen LogP contribution in [-0.4, -0.2) is 5.91 Å². The van der Waals surface area contributed by atoms with E-state index in [1.54, 1.807) is 18.2 Å². The van der Waals surface area contributed by atoms with Crippen LogP contribution >= 0.6 is 22.6 Å². The van der Waals surface area contributed by atoms with Crippen LogP contribution in [0.2, 0.25) is 0 Å². The minimum absolute atomic E-state index is 0.390. The minimum atomic E-state index is -0.390. The predicted octanol–water partition coefficient (Wildman–Crippen LogP) is 2.33. The van der Waals surface area contributed by atoms with Gasteiger partial charge < -0.3 is 0 Å². The van der Waals surface area contributed by atoms with Gasteiger partial charge in [0, 0.05) is 10.5 Å². The third-order valence-electron chi connectivity index (χ3n) is 1.46. The number of nitroso groups, excluding NO2 is 1. The van der Waals surface area contributed by atoms with E-state index in [1.807, 2.05) is 28.7 Å². The van der Waals surface area contributed by atoms with E-state index in [-0.39, 0.29) is 5.91 Å². The summed E-state index contributed by atoms with van der Waals surface area (Å²) in [5.41, 5.74) is 0.519. The molecule has 0 heterocycles. The molecule has 0 radical (unpaired) electrons. The van der Waals surface area contributed by atoms with Crippen molar-refractivity contribution in [2.45, 2.75) is 6.92 Å². The van der Waals surface area contributed by atoms with Crippen molar-refractivity contribution in [2.75, 3.05) is 5.01 Å². The van der Waals surface area contributed by atoms with Crippen LogP contribution in [0.1, 0.15) is 6.92 Å². The maximum atomic E-state index is 11.0. The van der Waals surface area contributed by atoms with Gasteiger partial charge in [0.1, 0.15) is 0 Å². The van der Waals surface area contributed by atoms with Crippen LogP contribution in [0, 0.1) is 8.48 Å². The van der Waals surface area contributed by atoms with Crippen LogP contribution in [0.4, 0.5) is 5.69 Å². The Bertz CT molecular complexity index is 341. The Labute approximate surface area is 89.0 Å². The zero-order valence-electron chi connectivity index (χ0n) is 6.90. The summed E-state index contributed by atoms with van der Waals surface area (Å²) >= 11 is 2.04. The number of amides is 1. The van der Waals surface area contributed by atoms with E-state index in [2.05, 4.69) is 5.29 Å². The fourth-order valence-electron chi connectivity index (χ4n) is 0.895. The molecule has 68 valence electrons. The Balaban J connectivity index is 3.12. The second-order valence-corrected chi connectivity index (χ2v) is 3.53. The number of halogens is 1. The van der Waals surface area contributed by atoms with E-state index < -0.39 is 0 Å². The summed E-state index contributed by atoms with van der Waals surface area (Å²) in [6, 6.07) is 7.05. The summed E-state index contributed by atoms with van der Waals surface area (Å²) in [4.78, 5) is 21.3. The molecule has 0 saturated carbocycles. The second kappa shape index (κ2) is 4.31. The van der Waals surface area contributed by atoms with E-state index >= 15 is 0 Å². The van der Waals surface area contributed by atoms with Gasteiger partial charge in [-0.15, -0.1) is 4.91 Å². The van der Waals surface area contributed by atoms with Crippen molar-refractivity contribution in [3.8, 4) is 0 Å². The molecule has 0 aliphatic heterocycles. The van der Waals surface area contributed by atoms with Crippen molar-refractivity contribution in [1.82, 2.24) is 0 Å². The highest BCUT2D eigenvalue weighted by Gasteiger charge is 2.13. The van der Waals surface area contributed by atoms with Crippen molar-refractivity contribution in [1.29, 1.82) is 0 Å². The Kier molecular flexibility index (Phi) is 3.35. The molecule has 1 aromatic rings. The highest BCUT2D eigenvalue weighted by molar-refractivity contribution is 14.1. The number of rotatable bonds is 2. The Morgan fingerprint density at radius 1 is 1.46 bits per heavy atom. The largest absolute Gasteiger partial charge is 0.273 e. The first-order valence-electron chi connectivity index (χ1n) is 3.55. The summed E-state index contributed by atoms with van der Waals surface area (Å²) in [6.45, 7) is 1.30. The lowest BCUT2D eigenvalue weighted by Gasteiger charge is -2.11. The maximum Gasteiger partial charge on any atom is 0.246 e. The molecule has 1 aromatic carbocycles. The summed E-state index contributed by atoms with van der Waals surface area (Å²) < 4.78 is 0.815. The topological polar surface area (TPSA) is 49.7 Å². The van der Waals surface area contributed by atoms with Gasteiger partial charge in [-0.05, 0) is 34.7 Å². The second-order valence-electron chi connectivity index (χ2n) is 2.36. The maximum absolute atomic E-state index is 11.0. The number of nitrogens with zero attached hydrogens (tertiary/aromatic N) is 2. The van der Waals surface area contributed by atoms with Gasteiger partial charge >= 0.3 is 0 Å². The molecule has 5 heteroatoms. The van der Waals surface area contributed by atoms with E-state index in [0.717, 1.165) is 8.58 Å². The predicted molar refractivity (Wildman–Crippen MR) is 58.1 cm³/mol. The van der Waals surface area contributed by atoms with E-state index in [1.165, 1.54) is 6.92 Å². The van der Waals surface area contributed by atoms with E-state index in [0.29, 0.717) is 5.69 Å². The zero-order chi connectivity index (χ0) is 9.84. The third-order valence-corrected chi connectivity index (χ3v) is 2.37. The lowest BCUT2D eigenvalue weighted by atomic mass is 10.3. The van der Waals surface area contributed by atoms with Crippen LogP contribution in [0.3, 0.4) is 0 Å². The molecular weight excluding hydrogens is 283 g/mol. The van der Waals surface area contributed by atoms with Crippen LogP contribution in [0.15, 0.2) is 29.6 Å². The SMILES string of the molecule is CC(=O)N(N=O)c1ccccc1I. The highest BCUT2D eigenvalue weighted by Crippen LogP contribution is 2.22. The molecule has 0 spiro atoms. The van der Waals surface area contributed by atoms with Gasteiger partial charge in [-0.25, -0.2) is 0 Å². The Morgan fingerprint density at radius 3 is 2.54 bits per heavy atom. The molecule has 0 N–H and O–H groups in total. The molecule has 0 aliphatic rings. The molecule has 0 bridgehead atoms. The summed E-state index contributed by atoms with van der Waals surface area (Å²) in [5, 5.41) is 3.48. The molecule has 0 fully saturated rings. The number of benzene rings is 1. The summed E-state index contributed by atoms with van der Waals surface area (Å²) in [5.74, 6) is -0.390. The van der Waals surface area contributed by atoms with E-state index in [4.69, 9.17) is 0 Å². The summed E-state index contributed by atoms with van der Waals surface area (Å²) in [6.07, 6.45) is 0. The average Bonchev–Trinajstić information content (AvgIpc) is 2.09. The number of hydrogen-bond donors (Lipinski definition) is 0. The molecular formula is C8H7IN2O2. The van der Waals surface area contributed by atoms with Crippen molar-refractivity contribution in [3.63, 3.8) is 0 Å². The van der Waals surface area contributed by atoms with Gasteiger partial charge in [0.2, 0.25) is 5.91 Å². The van der Waals surface area contributed by atoms with Gasteiger partial charge in [0.25, 0.3) is 0 Å². The van der Waals surface area contributed by atoms with Crippen molar-refractivity contribution in [2.24, 2.45) is 5.29 Å².